The van der Waals surface area contributed by atoms with Crippen LogP contribution in [0.2, 0.25) is 0 Å². The summed E-state index contributed by atoms with van der Waals surface area (Å²) < 4.78 is 51.0. The zero-order chi connectivity index (χ0) is 23.6. The van der Waals surface area contributed by atoms with Gasteiger partial charge < -0.3 is 14.1 Å². The van der Waals surface area contributed by atoms with Crippen LogP contribution in [-0.2, 0) is 17.4 Å². The highest BCUT2D eigenvalue weighted by molar-refractivity contribution is 6.03. The summed E-state index contributed by atoms with van der Waals surface area (Å²) in [6.45, 7) is 4.02. The van der Waals surface area contributed by atoms with Gasteiger partial charge in [-0.05, 0) is 38.3 Å². The van der Waals surface area contributed by atoms with Crippen LogP contribution in [0.4, 0.5) is 18.0 Å². The average molecular weight is 454 g/mol. The zero-order valence-corrected chi connectivity index (χ0v) is 18.1. The van der Waals surface area contributed by atoms with Gasteiger partial charge in [-0.15, -0.1) is 0 Å². The van der Waals surface area contributed by atoms with Crippen molar-refractivity contribution in [3.8, 4) is 5.75 Å². The van der Waals surface area contributed by atoms with Crippen molar-refractivity contribution in [2.24, 2.45) is 0 Å². The molecule has 10 heteroatoms. The van der Waals surface area contributed by atoms with Crippen molar-refractivity contribution < 1.29 is 31.9 Å². The van der Waals surface area contributed by atoms with E-state index in [2.05, 4.69) is 0 Å². The van der Waals surface area contributed by atoms with E-state index in [1.807, 2.05) is 6.92 Å². The van der Waals surface area contributed by atoms with E-state index in [0.717, 1.165) is 0 Å². The number of imide groups is 1. The van der Waals surface area contributed by atoms with Gasteiger partial charge in [-0.1, -0.05) is 13.3 Å². The molecular weight excluding hydrogens is 429 g/mol. The third-order valence-corrected chi connectivity index (χ3v) is 5.55. The minimum absolute atomic E-state index is 0.116. The van der Waals surface area contributed by atoms with E-state index in [1.54, 1.807) is 14.0 Å². The van der Waals surface area contributed by atoms with Crippen molar-refractivity contribution in [1.29, 1.82) is 0 Å². The van der Waals surface area contributed by atoms with E-state index < -0.39 is 23.4 Å². The number of alkyl halides is 3. The van der Waals surface area contributed by atoms with Gasteiger partial charge in [0.2, 0.25) is 0 Å². The second-order valence-electron chi connectivity index (χ2n) is 7.76. The molecule has 1 aliphatic heterocycles. The number of carbonyl (C=O) groups excluding carboxylic acids is 2. The number of hydrogen-bond donors (Lipinski definition) is 0. The summed E-state index contributed by atoms with van der Waals surface area (Å²) in [6.07, 6.45) is -2.67. The van der Waals surface area contributed by atoms with Crippen LogP contribution in [0.3, 0.4) is 0 Å². The standard InChI is InChI=1S/C22H25F3N2O5/c1-4-7-15-17(9-8-14-16(22(23,24)25)12-18(28)32-19(14)15)31-11-6-5-10-27-20(29)13(2)26(3)21(27)30/h8-9,12-13H,4-7,10-11H2,1-3H3. The number of ether oxygens (including phenoxy) is 1. The van der Waals surface area contributed by atoms with Crippen LogP contribution in [-0.4, -0.2) is 48.0 Å². The highest BCUT2D eigenvalue weighted by atomic mass is 19.4. The smallest absolute Gasteiger partial charge is 0.417 e. The Balaban J connectivity index is 1.72. The van der Waals surface area contributed by atoms with Gasteiger partial charge in [-0.2, -0.15) is 13.2 Å². The number of urea groups is 1. The number of unbranched alkanes of at least 4 members (excludes halogenated alkanes) is 1. The second kappa shape index (κ2) is 9.22. The monoisotopic (exact) mass is 454 g/mol. The normalized spacial score (nSPS) is 17.0. The molecule has 0 radical (unpaired) electrons. The number of aryl methyl sites for hydroxylation is 1. The number of carbonyl (C=O) groups is 2. The minimum atomic E-state index is -4.68. The molecule has 2 heterocycles. The number of nitrogens with zero attached hydrogens (tertiary/aromatic N) is 2. The summed E-state index contributed by atoms with van der Waals surface area (Å²) in [5.74, 6) is 0.109. The lowest BCUT2D eigenvalue weighted by molar-refractivity contribution is -0.136. The zero-order valence-electron chi connectivity index (χ0n) is 18.1. The Morgan fingerprint density at radius 1 is 1.16 bits per heavy atom. The van der Waals surface area contributed by atoms with E-state index in [0.29, 0.717) is 43.1 Å². The fraction of sp³-hybridized carbons (Fsp3) is 0.500. The summed E-state index contributed by atoms with van der Waals surface area (Å²) >= 11 is 0. The first-order valence-electron chi connectivity index (χ1n) is 10.4. The maximum atomic E-state index is 13.4. The molecule has 3 amide bonds. The Labute approximate surface area is 182 Å². The lowest BCUT2D eigenvalue weighted by Crippen LogP contribution is -2.32. The fourth-order valence-corrected chi connectivity index (χ4v) is 3.72. The molecule has 174 valence electrons. The molecule has 7 nitrogen and oxygen atoms in total. The quantitative estimate of drug-likeness (QED) is 0.339. The first-order chi connectivity index (χ1) is 15.1. The number of rotatable bonds is 8. The highest BCUT2D eigenvalue weighted by Crippen LogP contribution is 2.37. The van der Waals surface area contributed by atoms with E-state index in [-0.39, 0.29) is 36.1 Å². The molecule has 3 rings (SSSR count). The van der Waals surface area contributed by atoms with Gasteiger partial charge in [0.15, 0.2) is 0 Å². The van der Waals surface area contributed by atoms with Gasteiger partial charge in [-0.25, -0.2) is 9.59 Å². The molecule has 0 bridgehead atoms. The largest absolute Gasteiger partial charge is 0.493 e. The summed E-state index contributed by atoms with van der Waals surface area (Å²) in [5, 5.41) is -0.183. The number of amides is 3. The lowest BCUT2D eigenvalue weighted by atomic mass is 10.0. The van der Waals surface area contributed by atoms with Crippen LogP contribution < -0.4 is 10.4 Å². The number of halogens is 3. The molecule has 0 spiro atoms. The van der Waals surface area contributed by atoms with Crippen LogP contribution >= 0.6 is 0 Å². The molecule has 1 saturated heterocycles. The van der Waals surface area contributed by atoms with Gasteiger partial charge >= 0.3 is 17.8 Å². The van der Waals surface area contributed by atoms with Crippen LogP contribution in [0.25, 0.3) is 11.0 Å². The van der Waals surface area contributed by atoms with Crippen molar-refractivity contribution in [2.45, 2.75) is 51.7 Å². The molecule has 1 atom stereocenters. The van der Waals surface area contributed by atoms with Gasteiger partial charge in [0.05, 0.1) is 12.2 Å². The van der Waals surface area contributed by atoms with E-state index in [1.165, 1.54) is 21.9 Å². The van der Waals surface area contributed by atoms with Crippen LogP contribution in [0.15, 0.2) is 27.4 Å². The molecule has 32 heavy (non-hydrogen) atoms. The van der Waals surface area contributed by atoms with Crippen molar-refractivity contribution in [1.82, 2.24) is 9.80 Å². The predicted molar refractivity (Wildman–Crippen MR) is 111 cm³/mol. The van der Waals surface area contributed by atoms with Gasteiger partial charge in [0.1, 0.15) is 17.4 Å². The third-order valence-electron chi connectivity index (χ3n) is 5.55. The summed E-state index contributed by atoms with van der Waals surface area (Å²) in [4.78, 5) is 38.5. The van der Waals surface area contributed by atoms with Crippen LogP contribution in [0, 0.1) is 0 Å². The SMILES string of the molecule is CCCc1c(OCCCCN2C(=O)C(C)N(C)C2=O)ccc2c(C(F)(F)F)cc(=O)oc12. The van der Waals surface area contributed by atoms with Gasteiger partial charge in [-0.3, -0.25) is 9.69 Å². The van der Waals surface area contributed by atoms with Crippen molar-refractivity contribution >= 4 is 22.9 Å². The first kappa shape index (κ1) is 23.6. The number of likely N-dealkylation sites (N-methyl/N-ethyl adjacent to an activating group) is 1. The molecule has 0 saturated carbocycles. The Hall–Kier alpha value is -3.04. The number of fused-ring (bicyclic) bond motifs is 1. The Kier molecular flexibility index (Phi) is 6.80. The second-order valence-corrected chi connectivity index (χ2v) is 7.76. The van der Waals surface area contributed by atoms with Crippen molar-refractivity contribution in [2.75, 3.05) is 20.2 Å². The molecule has 1 aliphatic rings. The first-order valence-corrected chi connectivity index (χ1v) is 10.4. The summed E-state index contributed by atoms with van der Waals surface area (Å²) in [6, 6.07) is 2.33. The predicted octanol–water partition coefficient (Wildman–Crippen LogP) is 4.21. The van der Waals surface area contributed by atoms with E-state index >= 15 is 0 Å². The minimum Gasteiger partial charge on any atom is -0.493 e. The molecule has 1 aromatic carbocycles. The number of benzene rings is 1. The maximum absolute atomic E-state index is 13.4. The van der Waals surface area contributed by atoms with E-state index in [9.17, 15) is 27.6 Å². The maximum Gasteiger partial charge on any atom is 0.417 e. The van der Waals surface area contributed by atoms with Crippen LogP contribution in [0.5, 0.6) is 5.75 Å². The molecule has 2 aromatic rings. The van der Waals surface area contributed by atoms with Gasteiger partial charge in [0.25, 0.3) is 5.91 Å². The molecule has 1 aromatic heterocycles. The van der Waals surface area contributed by atoms with Gasteiger partial charge in [0, 0.05) is 30.6 Å². The number of hydrogen-bond acceptors (Lipinski definition) is 5. The lowest BCUT2D eigenvalue weighted by Gasteiger charge is -2.16. The Morgan fingerprint density at radius 2 is 1.88 bits per heavy atom. The highest BCUT2D eigenvalue weighted by Gasteiger charge is 2.39. The topological polar surface area (TPSA) is 80.1 Å². The van der Waals surface area contributed by atoms with E-state index in [4.69, 9.17) is 9.15 Å². The van der Waals surface area contributed by atoms with Crippen LogP contribution in [0.1, 0.15) is 44.2 Å². The molecule has 1 unspecified atom stereocenters. The van der Waals surface area contributed by atoms with Crippen molar-refractivity contribution in [3.05, 3.63) is 39.7 Å². The van der Waals surface area contributed by atoms with Crippen molar-refractivity contribution in [3.63, 3.8) is 0 Å². The molecule has 1 fully saturated rings. The fourth-order valence-electron chi connectivity index (χ4n) is 3.72. The summed E-state index contributed by atoms with van der Waals surface area (Å²) in [5.41, 5.74) is -1.81. The average Bonchev–Trinajstić information content (AvgIpc) is 2.91. The molecular formula is C22H25F3N2O5. The summed E-state index contributed by atoms with van der Waals surface area (Å²) in [7, 11) is 1.57. The Bertz CT molecular complexity index is 1060. The molecule has 0 N–H and O–H groups in total. The molecule has 0 aliphatic carbocycles. The Morgan fingerprint density at radius 3 is 2.47 bits per heavy atom. The third kappa shape index (κ3) is 4.58.